The maximum Gasteiger partial charge on any atom is 0.130 e. The van der Waals surface area contributed by atoms with Crippen molar-refractivity contribution in [1.29, 1.82) is 0 Å². The molecule has 3 nitrogen and oxygen atoms in total. The van der Waals surface area contributed by atoms with E-state index in [0.717, 1.165) is 39.1 Å². The summed E-state index contributed by atoms with van der Waals surface area (Å²) in [6, 6.07) is 17.5. The molecule has 1 aliphatic heterocycles. The number of morpholine rings is 1. The van der Waals surface area contributed by atoms with E-state index in [4.69, 9.17) is 4.74 Å². The zero-order chi connectivity index (χ0) is 16.8. The van der Waals surface area contributed by atoms with Crippen LogP contribution in [0.1, 0.15) is 30.0 Å². The van der Waals surface area contributed by atoms with Gasteiger partial charge in [0.15, 0.2) is 0 Å². The predicted molar refractivity (Wildman–Crippen MR) is 97.7 cm³/mol. The molecule has 3 rings (SSSR count). The number of nitrogens with zero attached hydrogens (tertiary/aromatic N) is 1. The largest absolute Gasteiger partial charge is 0.378 e. The third-order valence-electron chi connectivity index (χ3n) is 4.51. The minimum absolute atomic E-state index is 0.249. The fraction of sp³-hybridized carbons (Fsp3) is 0.381. The Morgan fingerprint density at radius 1 is 0.917 bits per heavy atom. The van der Waals surface area contributed by atoms with Gasteiger partial charge in [0, 0.05) is 25.2 Å². The van der Waals surface area contributed by atoms with Gasteiger partial charge < -0.3 is 14.4 Å². The lowest BCUT2D eigenvalue weighted by molar-refractivity contribution is -0.116. The molecule has 126 valence electrons. The second-order valence-electron chi connectivity index (χ2n) is 6.46. The summed E-state index contributed by atoms with van der Waals surface area (Å²) < 4.78 is 5.40. The van der Waals surface area contributed by atoms with Crippen LogP contribution in [0.2, 0.25) is 0 Å². The second-order valence-corrected chi connectivity index (χ2v) is 6.46. The highest BCUT2D eigenvalue weighted by Gasteiger charge is 2.10. The van der Waals surface area contributed by atoms with Gasteiger partial charge in [0.05, 0.1) is 13.2 Å². The van der Waals surface area contributed by atoms with Crippen molar-refractivity contribution in [3.8, 4) is 0 Å². The summed E-state index contributed by atoms with van der Waals surface area (Å²) in [5.74, 6) is 0.249. The molecule has 0 unspecified atom stereocenters. The molecule has 2 aromatic carbocycles. The Morgan fingerprint density at radius 3 is 2.04 bits per heavy atom. The molecule has 0 aromatic heterocycles. The summed E-state index contributed by atoms with van der Waals surface area (Å²) in [6.07, 6.45) is 2.41. The van der Waals surface area contributed by atoms with Gasteiger partial charge in [-0.1, -0.05) is 36.4 Å². The van der Waals surface area contributed by atoms with Crippen LogP contribution in [0.5, 0.6) is 0 Å². The van der Waals surface area contributed by atoms with Crippen molar-refractivity contribution < 1.29 is 9.53 Å². The van der Waals surface area contributed by atoms with Crippen molar-refractivity contribution in [2.75, 3.05) is 31.2 Å². The van der Waals surface area contributed by atoms with E-state index >= 15 is 0 Å². The van der Waals surface area contributed by atoms with Crippen molar-refractivity contribution in [2.45, 2.75) is 26.2 Å². The van der Waals surface area contributed by atoms with E-state index in [9.17, 15) is 4.79 Å². The van der Waals surface area contributed by atoms with Crippen LogP contribution in [0.15, 0.2) is 48.5 Å². The van der Waals surface area contributed by atoms with Crippen molar-refractivity contribution in [1.82, 2.24) is 0 Å². The number of ketones is 1. The smallest absolute Gasteiger partial charge is 0.130 e. The van der Waals surface area contributed by atoms with E-state index in [-0.39, 0.29) is 5.78 Å². The Bertz CT molecular complexity index is 655. The molecule has 2 aromatic rings. The first-order valence-corrected chi connectivity index (χ1v) is 8.69. The minimum atomic E-state index is 0.249. The third-order valence-corrected chi connectivity index (χ3v) is 4.51. The quantitative estimate of drug-likeness (QED) is 0.813. The molecule has 0 N–H and O–H groups in total. The molecule has 1 saturated heterocycles. The molecule has 0 radical (unpaired) electrons. The Labute approximate surface area is 144 Å². The van der Waals surface area contributed by atoms with Crippen molar-refractivity contribution >= 4 is 11.5 Å². The van der Waals surface area contributed by atoms with Gasteiger partial charge in [-0.05, 0) is 48.6 Å². The molecule has 0 spiro atoms. The predicted octanol–water partition coefficient (Wildman–Crippen LogP) is 3.64. The number of rotatable bonds is 6. The lowest BCUT2D eigenvalue weighted by atomic mass is 10.0. The first-order valence-electron chi connectivity index (χ1n) is 8.69. The summed E-state index contributed by atoms with van der Waals surface area (Å²) in [5.41, 5.74) is 5.14. The van der Waals surface area contributed by atoms with E-state index in [2.05, 4.69) is 53.4 Å². The Hall–Kier alpha value is -2.13. The number of anilines is 1. The summed E-state index contributed by atoms with van der Waals surface area (Å²) in [5, 5.41) is 0. The molecule has 0 saturated carbocycles. The normalized spacial score (nSPS) is 14.6. The standard InChI is InChI=1S/C21H25NO2/c1-17(23)2-3-18-4-6-19(7-5-18)16-20-8-10-21(11-9-20)22-12-14-24-15-13-22/h4-11H,2-3,12-16H2,1H3. The molecule has 0 atom stereocenters. The van der Waals surface area contributed by atoms with E-state index in [1.54, 1.807) is 6.92 Å². The lowest BCUT2D eigenvalue weighted by Gasteiger charge is -2.28. The topological polar surface area (TPSA) is 29.5 Å². The van der Waals surface area contributed by atoms with Crippen LogP contribution in [-0.4, -0.2) is 32.1 Å². The molecule has 1 fully saturated rings. The molecule has 1 heterocycles. The van der Waals surface area contributed by atoms with Crippen LogP contribution in [-0.2, 0) is 22.4 Å². The summed E-state index contributed by atoms with van der Waals surface area (Å²) >= 11 is 0. The Morgan fingerprint density at radius 2 is 1.46 bits per heavy atom. The summed E-state index contributed by atoms with van der Waals surface area (Å²) in [4.78, 5) is 13.4. The molecule has 1 aliphatic rings. The monoisotopic (exact) mass is 323 g/mol. The number of Topliss-reactive ketones (excluding diaryl/α,β-unsaturated/α-hetero) is 1. The van der Waals surface area contributed by atoms with E-state index < -0.39 is 0 Å². The second kappa shape index (κ2) is 8.11. The van der Waals surface area contributed by atoms with Gasteiger partial charge in [-0.15, -0.1) is 0 Å². The van der Waals surface area contributed by atoms with Gasteiger partial charge in [-0.3, -0.25) is 0 Å². The SMILES string of the molecule is CC(=O)CCc1ccc(Cc2ccc(N3CCOCC3)cc2)cc1. The number of hydrogen-bond donors (Lipinski definition) is 0. The first kappa shape index (κ1) is 16.7. The third kappa shape index (κ3) is 4.68. The maximum absolute atomic E-state index is 11.1. The Balaban J connectivity index is 1.58. The van der Waals surface area contributed by atoms with Crippen molar-refractivity contribution in [3.63, 3.8) is 0 Å². The van der Waals surface area contributed by atoms with E-state index in [1.807, 2.05) is 0 Å². The zero-order valence-electron chi connectivity index (χ0n) is 14.3. The zero-order valence-corrected chi connectivity index (χ0v) is 14.3. The fourth-order valence-electron chi connectivity index (χ4n) is 3.03. The van der Waals surface area contributed by atoms with Crippen LogP contribution >= 0.6 is 0 Å². The molecule has 0 amide bonds. The molecule has 24 heavy (non-hydrogen) atoms. The number of benzene rings is 2. The Kier molecular flexibility index (Phi) is 5.65. The van der Waals surface area contributed by atoms with Gasteiger partial charge in [0.1, 0.15) is 5.78 Å². The molecule has 3 heteroatoms. The fourth-order valence-corrected chi connectivity index (χ4v) is 3.03. The maximum atomic E-state index is 11.1. The van der Waals surface area contributed by atoms with Gasteiger partial charge in [-0.2, -0.15) is 0 Å². The van der Waals surface area contributed by atoms with E-state index in [0.29, 0.717) is 6.42 Å². The van der Waals surface area contributed by atoms with Crippen LogP contribution in [0.4, 0.5) is 5.69 Å². The van der Waals surface area contributed by atoms with Crippen LogP contribution in [0.25, 0.3) is 0 Å². The lowest BCUT2D eigenvalue weighted by Crippen LogP contribution is -2.36. The van der Waals surface area contributed by atoms with Gasteiger partial charge >= 0.3 is 0 Å². The highest BCUT2D eigenvalue weighted by Crippen LogP contribution is 2.19. The average molecular weight is 323 g/mol. The van der Waals surface area contributed by atoms with Gasteiger partial charge in [0.25, 0.3) is 0 Å². The summed E-state index contributed by atoms with van der Waals surface area (Å²) in [7, 11) is 0. The van der Waals surface area contributed by atoms with Gasteiger partial charge in [-0.25, -0.2) is 0 Å². The van der Waals surface area contributed by atoms with Crippen LogP contribution < -0.4 is 4.90 Å². The molecule has 0 aliphatic carbocycles. The van der Waals surface area contributed by atoms with Crippen LogP contribution in [0.3, 0.4) is 0 Å². The highest BCUT2D eigenvalue weighted by molar-refractivity contribution is 5.75. The van der Waals surface area contributed by atoms with E-state index in [1.165, 1.54) is 22.4 Å². The number of aryl methyl sites for hydroxylation is 1. The average Bonchev–Trinajstić information content (AvgIpc) is 2.62. The van der Waals surface area contributed by atoms with Crippen LogP contribution in [0, 0.1) is 0 Å². The number of hydrogen-bond acceptors (Lipinski definition) is 3. The highest BCUT2D eigenvalue weighted by atomic mass is 16.5. The first-order chi connectivity index (χ1) is 11.7. The minimum Gasteiger partial charge on any atom is -0.378 e. The molecular weight excluding hydrogens is 298 g/mol. The molecule has 0 bridgehead atoms. The molecular formula is C21H25NO2. The number of ether oxygens (including phenoxy) is 1. The number of carbonyl (C=O) groups is 1. The van der Waals surface area contributed by atoms with Crippen molar-refractivity contribution in [2.24, 2.45) is 0 Å². The summed E-state index contributed by atoms with van der Waals surface area (Å²) in [6.45, 7) is 5.23. The van der Waals surface area contributed by atoms with Gasteiger partial charge in [0.2, 0.25) is 0 Å². The number of carbonyl (C=O) groups excluding carboxylic acids is 1. The van der Waals surface area contributed by atoms with Crippen molar-refractivity contribution in [3.05, 3.63) is 65.2 Å².